The molecule has 0 bridgehead atoms. The Kier molecular flexibility index (Phi) is 3.83. The van der Waals surface area contributed by atoms with Crippen LogP contribution in [0.25, 0.3) is 0 Å². The Hall–Kier alpha value is -2.37. The van der Waals surface area contributed by atoms with Gasteiger partial charge < -0.3 is 9.64 Å². The van der Waals surface area contributed by atoms with Crippen LogP contribution >= 0.6 is 0 Å². The highest BCUT2D eigenvalue weighted by Gasteiger charge is 2.53. The molecule has 1 aromatic heterocycles. The van der Waals surface area contributed by atoms with Gasteiger partial charge in [-0.2, -0.15) is 0 Å². The lowest BCUT2D eigenvalue weighted by molar-refractivity contribution is -0.0888. The monoisotopic (exact) mass is 314 g/mol. The van der Waals surface area contributed by atoms with Gasteiger partial charge in [0.15, 0.2) is 0 Å². The van der Waals surface area contributed by atoms with Gasteiger partial charge in [0, 0.05) is 32.0 Å². The molecule has 2 aromatic rings. The van der Waals surface area contributed by atoms with Crippen molar-refractivity contribution in [3.8, 4) is 5.75 Å². The third-order valence-corrected chi connectivity index (χ3v) is 4.73. The zero-order chi connectivity index (χ0) is 16.6. The van der Waals surface area contributed by atoms with Crippen LogP contribution in [-0.2, 0) is 7.05 Å². The Labute approximate surface area is 136 Å². The number of carbonyl (C=O) groups excluding carboxylic acids is 1. The first kappa shape index (κ1) is 15.5. The summed E-state index contributed by atoms with van der Waals surface area (Å²) in [6.07, 6.45) is 2.42. The second-order valence-corrected chi connectivity index (χ2v) is 6.65. The molecule has 2 atom stereocenters. The maximum Gasteiger partial charge on any atom is 0.293 e. The number of aryl methyl sites for hydroxylation is 1. The summed E-state index contributed by atoms with van der Waals surface area (Å²) in [6.45, 7) is 4.26. The number of rotatable bonds is 4. The number of hydrogen-bond donors (Lipinski definition) is 0. The van der Waals surface area contributed by atoms with Crippen molar-refractivity contribution in [2.24, 2.45) is 12.5 Å². The van der Waals surface area contributed by atoms with Gasteiger partial charge in [0.05, 0.1) is 0 Å². The van der Waals surface area contributed by atoms with Gasteiger partial charge in [-0.15, -0.1) is 5.10 Å². The number of aromatic nitrogens is 3. The summed E-state index contributed by atoms with van der Waals surface area (Å²) in [5.74, 6) is 0.949. The lowest BCUT2D eigenvalue weighted by Crippen LogP contribution is -2.63. The molecule has 1 heterocycles. The van der Waals surface area contributed by atoms with Gasteiger partial charge in [0.25, 0.3) is 5.91 Å². The number of nitrogens with zero attached hydrogens (tertiary/aromatic N) is 4. The van der Waals surface area contributed by atoms with Gasteiger partial charge in [-0.1, -0.05) is 32.0 Å². The summed E-state index contributed by atoms with van der Waals surface area (Å²) in [5.41, 5.74) is -0.130. The molecule has 6 nitrogen and oxygen atoms in total. The fourth-order valence-corrected chi connectivity index (χ4v) is 3.12. The molecule has 3 rings (SSSR count). The third kappa shape index (κ3) is 2.81. The summed E-state index contributed by atoms with van der Waals surface area (Å²) < 4.78 is 7.60. The highest BCUT2D eigenvalue weighted by molar-refractivity contribution is 5.90. The lowest BCUT2D eigenvalue weighted by Gasteiger charge is -2.54. The Morgan fingerprint density at radius 2 is 2.04 bits per heavy atom. The summed E-state index contributed by atoms with van der Waals surface area (Å²) in [7, 11) is 3.56. The normalized spacial score (nSPS) is 22.3. The smallest absolute Gasteiger partial charge is 0.293 e. The molecule has 1 fully saturated rings. The molecule has 6 heteroatoms. The summed E-state index contributed by atoms with van der Waals surface area (Å²) >= 11 is 0. The molecule has 0 N–H and O–H groups in total. The number of amides is 1. The van der Waals surface area contributed by atoms with Crippen molar-refractivity contribution in [1.29, 1.82) is 0 Å². The standard InChI is InChI=1S/C17H22N4O2/c1-17(2)13(10-14(17)23-12-8-6-5-7-9-12)21(4)16(22)15-18-11-20(3)19-15/h5-9,11,13-14H,10H2,1-4H3/t13-,14-/m1/s1. The van der Waals surface area contributed by atoms with Crippen LogP contribution in [0.1, 0.15) is 30.9 Å². The molecule has 1 aromatic carbocycles. The first-order chi connectivity index (χ1) is 10.9. The molecular formula is C17H22N4O2. The minimum atomic E-state index is -0.151. The van der Waals surface area contributed by atoms with Crippen molar-refractivity contribution in [3.63, 3.8) is 0 Å². The third-order valence-electron chi connectivity index (χ3n) is 4.73. The fourth-order valence-electron chi connectivity index (χ4n) is 3.12. The van der Waals surface area contributed by atoms with Gasteiger partial charge >= 0.3 is 0 Å². The van der Waals surface area contributed by atoms with Gasteiger partial charge in [-0.25, -0.2) is 4.98 Å². The maximum absolute atomic E-state index is 12.5. The second-order valence-electron chi connectivity index (χ2n) is 6.65. The highest BCUT2D eigenvalue weighted by Crippen LogP contribution is 2.45. The van der Waals surface area contributed by atoms with Crippen LogP contribution in [0.5, 0.6) is 5.75 Å². The lowest BCUT2D eigenvalue weighted by atomic mass is 9.63. The topological polar surface area (TPSA) is 60.2 Å². The van der Waals surface area contributed by atoms with Gasteiger partial charge in [-0.05, 0) is 12.1 Å². The van der Waals surface area contributed by atoms with E-state index >= 15 is 0 Å². The predicted octanol–water partition coefficient (Wildman–Crippen LogP) is 2.13. The van der Waals surface area contributed by atoms with Crippen LogP contribution in [-0.4, -0.2) is 44.8 Å². The predicted molar refractivity (Wildman–Crippen MR) is 86.1 cm³/mol. The fraction of sp³-hybridized carbons (Fsp3) is 0.471. The second kappa shape index (κ2) is 5.68. The molecule has 0 unspecified atom stereocenters. The molecule has 1 aliphatic rings. The first-order valence-electron chi connectivity index (χ1n) is 7.74. The van der Waals surface area contributed by atoms with Crippen molar-refractivity contribution in [2.45, 2.75) is 32.4 Å². The van der Waals surface area contributed by atoms with E-state index < -0.39 is 0 Å². The Morgan fingerprint density at radius 3 is 2.61 bits per heavy atom. The molecule has 1 saturated carbocycles. The summed E-state index contributed by atoms with van der Waals surface area (Å²) in [5, 5.41) is 4.09. The van der Waals surface area contributed by atoms with Crippen LogP contribution in [0, 0.1) is 5.41 Å². The van der Waals surface area contributed by atoms with Gasteiger partial charge in [-0.3, -0.25) is 9.48 Å². The molecular weight excluding hydrogens is 292 g/mol. The molecule has 0 radical (unpaired) electrons. The van der Waals surface area contributed by atoms with Crippen LogP contribution in [0.15, 0.2) is 36.7 Å². The highest BCUT2D eigenvalue weighted by atomic mass is 16.5. The van der Waals surface area contributed by atoms with Crippen molar-refractivity contribution in [2.75, 3.05) is 7.05 Å². The van der Waals surface area contributed by atoms with Crippen LogP contribution in [0.2, 0.25) is 0 Å². The molecule has 1 amide bonds. The van der Waals surface area contributed by atoms with E-state index in [4.69, 9.17) is 4.74 Å². The quantitative estimate of drug-likeness (QED) is 0.867. The van der Waals surface area contributed by atoms with E-state index in [1.165, 1.54) is 11.0 Å². The minimum absolute atomic E-state index is 0.0850. The average molecular weight is 314 g/mol. The van der Waals surface area contributed by atoms with Crippen LogP contribution in [0.4, 0.5) is 0 Å². The first-order valence-corrected chi connectivity index (χ1v) is 7.74. The summed E-state index contributed by atoms with van der Waals surface area (Å²) in [4.78, 5) is 18.3. The van der Waals surface area contributed by atoms with E-state index in [1.807, 2.05) is 37.4 Å². The van der Waals surface area contributed by atoms with Gasteiger partial charge in [0.2, 0.25) is 5.82 Å². The Bertz CT molecular complexity index is 696. The van der Waals surface area contributed by atoms with Crippen LogP contribution < -0.4 is 4.74 Å². The number of para-hydroxylation sites is 1. The zero-order valence-electron chi connectivity index (χ0n) is 13.9. The van der Waals surface area contributed by atoms with Crippen molar-refractivity contribution < 1.29 is 9.53 Å². The number of carbonyl (C=O) groups is 1. The van der Waals surface area contributed by atoms with Crippen molar-refractivity contribution >= 4 is 5.91 Å². The van der Waals surface area contributed by atoms with E-state index in [-0.39, 0.29) is 29.3 Å². The van der Waals surface area contributed by atoms with E-state index in [0.717, 1.165) is 12.2 Å². The van der Waals surface area contributed by atoms with E-state index in [9.17, 15) is 4.79 Å². The summed E-state index contributed by atoms with van der Waals surface area (Å²) in [6, 6.07) is 9.90. The van der Waals surface area contributed by atoms with Crippen molar-refractivity contribution in [3.05, 3.63) is 42.5 Å². The average Bonchev–Trinajstić information content (AvgIpc) is 2.97. The number of hydrogen-bond acceptors (Lipinski definition) is 4. The molecule has 1 aliphatic carbocycles. The number of benzene rings is 1. The van der Waals surface area contributed by atoms with Gasteiger partial charge in [0.1, 0.15) is 18.2 Å². The molecule has 0 saturated heterocycles. The minimum Gasteiger partial charge on any atom is -0.490 e. The molecule has 0 aliphatic heterocycles. The van der Waals surface area contributed by atoms with Crippen LogP contribution in [0.3, 0.4) is 0 Å². The zero-order valence-corrected chi connectivity index (χ0v) is 13.9. The Morgan fingerprint density at radius 1 is 1.35 bits per heavy atom. The van der Waals surface area contributed by atoms with E-state index in [0.29, 0.717) is 0 Å². The van der Waals surface area contributed by atoms with Crippen molar-refractivity contribution in [1.82, 2.24) is 19.7 Å². The molecule has 23 heavy (non-hydrogen) atoms. The van der Waals surface area contributed by atoms with E-state index in [1.54, 1.807) is 11.9 Å². The number of ether oxygens (including phenoxy) is 1. The SMILES string of the molecule is CN(C(=O)c1ncn(C)n1)[C@@H]1C[C@@H](Oc2ccccc2)C1(C)C. The Balaban J connectivity index is 1.67. The van der Waals surface area contributed by atoms with E-state index in [2.05, 4.69) is 23.9 Å². The molecule has 0 spiro atoms. The molecule has 122 valence electrons. The largest absolute Gasteiger partial charge is 0.490 e. The maximum atomic E-state index is 12.5.